The lowest BCUT2D eigenvalue weighted by Crippen LogP contribution is -2.47. The van der Waals surface area contributed by atoms with E-state index >= 15 is 0 Å². The Morgan fingerprint density at radius 1 is 1.17 bits per heavy atom. The molecule has 4 rings (SSSR count). The number of benzene rings is 1. The third-order valence-electron chi connectivity index (χ3n) is 5.52. The van der Waals surface area contributed by atoms with Gasteiger partial charge in [0.2, 0.25) is 0 Å². The third-order valence-corrected chi connectivity index (χ3v) is 5.52. The number of anilines is 1. The molecular weight excluding hydrogens is 370 g/mol. The first-order chi connectivity index (χ1) is 14.2. The molecule has 2 fully saturated rings. The summed E-state index contributed by atoms with van der Waals surface area (Å²) in [5.41, 5.74) is 2.51. The molecule has 0 atom stereocenters. The molecule has 1 aromatic carbocycles. The molecule has 0 radical (unpaired) electrons. The number of nitrogens with zero attached hydrogens (tertiary/aromatic N) is 2. The van der Waals surface area contributed by atoms with E-state index in [9.17, 15) is 4.79 Å². The van der Waals surface area contributed by atoms with Gasteiger partial charge >= 0.3 is 0 Å². The predicted octanol–water partition coefficient (Wildman–Crippen LogP) is 2.72. The van der Waals surface area contributed by atoms with Crippen molar-refractivity contribution < 1.29 is 19.0 Å². The molecule has 2 saturated heterocycles. The summed E-state index contributed by atoms with van der Waals surface area (Å²) >= 11 is 0. The van der Waals surface area contributed by atoms with Gasteiger partial charge in [-0.1, -0.05) is 18.2 Å². The van der Waals surface area contributed by atoms with Crippen LogP contribution in [-0.4, -0.2) is 61.5 Å². The summed E-state index contributed by atoms with van der Waals surface area (Å²) in [5, 5.41) is 3.35. The van der Waals surface area contributed by atoms with E-state index in [1.54, 1.807) is 19.4 Å². The van der Waals surface area contributed by atoms with Gasteiger partial charge in [-0.2, -0.15) is 0 Å². The van der Waals surface area contributed by atoms with E-state index in [4.69, 9.17) is 14.2 Å². The topological polar surface area (TPSA) is 72.9 Å². The lowest BCUT2D eigenvalue weighted by molar-refractivity contribution is -0.181. The van der Waals surface area contributed by atoms with Crippen molar-refractivity contribution >= 4 is 11.6 Å². The van der Waals surface area contributed by atoms with E-state index in [2.05, 4.69) is 16.4 Å². The molecule has 7 nitrogen and oxygen atoms in total. The van der Waals surface area contributed by atoms with Crippen LogP contribution in [0.5, 0.6) is 5.75 Å². The highest BCUT2D eigenvalue weighted by Crippen LogP contribution is 2.31. The van der Waals surface area contributed by atoms with Crippen LogP contribution in [0.15, 0.2) is 42.6 Å². The van der Waals surface area contributed by atoms with Crippen LogP contribution in [-0.2, 0) is 15.9 Å². The van der Waals surface area contributed by atoms with Crippen molar-refractivity contribution in [3.63, 3.8) is 0 Å². The predicted molar refractivity (Wildman–Crippen MR) is 109 cm³/mol. The van der Waals surface area contributed by atoms with Crippen LogP contribution >= 0.6 is 0 Å². The van der Waals surface area contributed by atoms with Crippen LogP contribution in [0.3, 0.4) is 0 Å². The lowest BCUT2D eigenvalue weighted by Gasteiger charge is -2.37. The van der Waals surface area contributed by atoms with Crippen molar-refractivity contribution in [2.24, 2.45) is 0 Å². The lowest BCUT2D eigenvalue weighted by atomic mass is 10.0. The zero-order chi connectivity index (χ0) is 20.1. The van der Waals surface area contributed by atoms with E-state index in [-0.39, 0.29) is 5.91 Å². The molecule has 1 amide bonds. The van der Waals surface area contributed by atoms with E-state index in [1.165, 1.54) is 0 Å². The van der Waals surface area contributed by atoms with Gasteiger partial charge in [-0.25, -0.2) is 4.98 Å². The zero-order valence-corrected chi connectivity index (χ0v) is 16.7. The van der Waals surface area contributed by atoms with Crippen molar-refractivity contribution in [1.29, 1.82) is 0 Å². The molecule has 7 heteroatoms. The molecule has 0 bridgehead atoms. The second kappa shape index (κ2) is 8.80. The summed E-state index contributed by atoms with van der Waals surface area (Å²) < 4.78 is 16.8. The number of hydrogen-bond donors (Lipinski definition) is 1. The molecule has 2 aliphatic rings. The minimum Gasteiger partial charge on any atom is -0.496 e. The average Bonchev–Trinajstić information content (AvgIpc) is 3.22. The van der Waals surface area contributed by atoms with Gasteiger partial charge in [0, 0.05) is 32.5 Å². The molecule has 0 saturated carbocycles. The monoisotopic (exact) mass is 397 g/mol. The van der Waals surface area contributed by atoms with Crippen LogP contribution in [0.2, 0.25) is 0 Å². The van der Waals surface area contributed by atoms with Gasteiger partial charge in [0.1, 0.15) is 11.4 Å². The Morgan fingerprint density at radius 2 is 1.93 bits per heavy atom. The first kappa shape index (κ1) is 19.7. The molecule has 3 heterocycles. The number of carbonyl (C=O) groups excluding carboxylic acids is 1. The summed E-state index contributed by atoms with van der Waals surface area (Å²) in [6.07, 6.45) is 3.97. The first-order valence-electron chi connectivity index (χ1n) is 10.1. The van der Waals surface area contributed by atoms with Gasteiger partial charge in [-0.05, 0) is 30.2 Å². The van der Waals surface area contributed by atoms with Gasteiger partial charge < -0.3 is 24.4 Å². The number of pyridine rings is 1. The number of rotatable bonds is 6. The van der Waals surface area contributed by atoms with Gasteiger partial charge in [-0.3, -0.25) is 4.79 Å². The molecule has 2 aliphatic heterocycles. The standard InChI is InChI=1S/C22H27N3O4/c1-27-20-5-3-2-4-17(20)8-11-23-18-6-7-19(24-16-18)21(26)25-12-9-22(10-13-25)28-14-15-29-22/h2-7,16,23H,8-15H2,1H3. The molecule has 0 aliphatic carbocycles. The molecular formula is C22H27N3O4. The maximum atomic E-state index is 12.7. The summed E-state index contributed by atoms with van der Waals surface area (Å²) in [4.78, 5) is 18.9. The van der Waals surface area contributed by atoms with Gasteiger partial charge in [0.25, 0.3) is 5.91 Å². The fourth-order valence-electron chi connectivity index (χ4n) is 3.87. The fourth-order valence-corrected chi connectivity index (χ4v) is 3.87. The SMILES string of the molecule is COc1ccccc1CCNc1ccc(C(=O)N2CCC3(CC2)OCCO3)nc1. The van der Waals surface area contributed by atoms with Crippen molar-refractivity contribution in [2.45, 2.75) is 25.0 Å². The van der Waals surface area contributed by atoms with Crippen molar-refractivity contribution in [3.05, 3.63) is 53.9 Å². The number of hydrogen-bond acceptors (Lipinski definition) is 6. The highest BCUT2D eigenvalue weighted by atomic mass is 16.7. The number of para-hydroxylation sites is 1. The van der Waals surface area contributed by atoms with Gasteiger partial charge in [0.05, 0.1) is 32.2 Å². The van der Waals surface area contributed by atoms with Crippen LogP contribution in [0.1, 0.15) is 28.9 Å². The molecule has 1 N–H and O–H groups in total. The fraction of sp³-hybridized carbons (Fsp3) is 0.455. The number of carbonyl (C=O) groups is 1. The number of amides is 1. The number of methoxy groups -OCH3 is 1. The Balaban J connectivity index is 1.28. The maximum absolute atomic E-state index is 12.7. The average molecular weight is 397 g/mol. The Kier molecular flexibility index (Phi) is 5.97. The minimum absolute atomic E-state index is 0.0431. The van der Waals surface area contributed by atoms with Crippen molar-refractivity contribution in [1.82, 2.24) is 9.88 Å². The van der Waals surface area contributed by atoms with E-state index in [0.717, 1.165) is 30.0 Å². The molecule has 2 aromatic rings. The van der Waals surface area contributed by atoms with Crippen molar-refractivity contribution in [2.75, 3.05) is 45.3 Å². The third kappa shape index (κ3) is 4.52. The van der Waals surface area contributed by atoms with Crippen LogP contribution in [0.4, 0.5) is 5.69 Å². The Morgan fingerprint density at radius 3 is 2.62 bits per heavy atom. The van der Waals surface area contributed by atoms with Crippen LogP contribution < -0.4 is 10.1 Å². The van der Waals surface area contributed by atoms with Crippen LogP contribution in [0, 0.1) is 0 Å². The Labute approximate surface area is 171 Å². The van der Waals surface area contributed by atoms with Gasteiger partial charge in [0.15, 0.2) is 5.79 Å². The smallest absolute Gasteiger partial charge is 0.272 e. The number of nitrogens with one attached hydrogen (secondary N) is 1. The minimum atomic E-state index is -0.473. The summed E-state index contributed by atoms with van der Waals surface area (Å²) in [5.74, 6) is 0.378. The molecule has 1 spiro atoms. The van der Waals surface area contributed by atoms with E-state index < -0.39 is 5.79 Å². The zero-order valence-electron chi connectivity index (χ0n) is 16.7. The number of piperidine rings is 1. The van der Waals surface area contributed by atoms with Crippen molar-refractivity contribution in [3.8, 4) is 5.75 Å². The van der Waals surface area contributed by atoms with E-state index in [1.807, 2.05) is 29.2 Å². The largest absolute Gasteiger partial charge is 0.496 e. The maximum Gasteiger partial charge on any atom is 0.272 e. The van der Waals surface area contributed by atoms with E-state index in [0.29, 0.717) is 44.8 Å². The normalized spacial score (nSPS) is 18.0. The number of likely N-dealkylation sites (tertiary alicyclic amines) is 1. The molecule has 1 aromatic heterocycles. The second-order valence-electron chi connectivity index (χ2n) is 7.32. The molecule has 154 valence electrons. The summed E-state index contributed by atoms with van der Waals surface area (Å²) in [6.45, 7) is 3.28. The number of ether oxygens (including phenoxy) is 3. The summed E-state index contributed by atoms with van der Waals surface area (Å²) in [7, 11) is 1.68. The second-order valence-corrected chi connectivity index (χ2v) is 7.32. The highest BCUT2D eigenvalue weighted by molar-refractivity contribution is 5.92. The highest BCUT2D eigenvalue weighted by Gasteiger charge is 2.40. The number of aromatic nitrogens is 1. The summed E-state index contributed by atoms with van der Waals surface area (Å²) in [6, 6.07) is 11.7. The van der Waals surface area contributed by atoms with Gasteiger partial charge in [-0.15, -0.1) is 0 Å². The Bertz CT molecular complexity index is 824. The Hall–Kier alpha value is -2.64. The molecule has 29 heavy (non-hydrogen) atoms. The molecule has 0 unspecified atom stereocenters. The first-order valence-corrected chi connectivity index (χ1v) is 10.1. The van der Waals surface area contributed by atoms with Crippen LogP contribution in [0.25, 0.3) is 0 Å². The quantitative estimate of drug-likeness (QED) is 0.808.